The molecule has 0 bridgehead atoms. The highest BCUT2D eigenvalue weighted by Crippen LogP contribution is 2.25. The van der Waals surface area contributed by atoms with Crippen LogP contribution in [0, 0.1) is 6.92 Å². The number of hydrogen-bond donors (Lipinski definition) is 1. The zero-order valence-corrected chi connectivity index (χ0v) is 14.9. The first-order valence-corrected chi connectivity index (χ1v) is 9.43. The van der Waals surface area contributed by atoms with Crippen molar-refractivity contribution in [3.63, 3.8) is 0 Å². The van der Waals surface area contributed by atoms with Crippen molar-refractivity contribution in [1.29, 1.82) is 0 Å². The quantitative estimate of drug-likeness (QED) is 0.886. The van der Waals surface area contributed by atoms with Gasteiger partial charge in [-0.1, -0.05) is 12.1 Å². The Hall–Kier alpha value is -2.38. The number of carbonyl (C=O) groups excluding carboxylic acids is 1. The minimum absolute atomic E-state index is 0.170. The molecule has 0 radical (unpaired) electrons. The number of aryl methyl sites for hydroxylation is 1. The Morgan fingerprint density at radius 2 is 1.88 bits per heavy atom. The van der Waals surface area contributed by atoms with Gasteiger partial charge < -0.3 is 9.64 Å². The molecule has 2 aromatic rings. The lowest BCUT2D eigenvalue weighted by molar-refractivity contribution is -0.118. The third-order valence-electron chi connectivity index (χ3n) is 4.19. The Morgan fingerprint density at radius 1 is 1.16 bits per heavy atom. The van der Waals surface area contributed by atoms with Gasteiger partial charge in [0.15, 0.2) is 0 Å². The number of methoxy groups -OCH3 is 1. The van der Waals surface area contributed by atoms with Gasteiger partial charge >= 0.3 is 0 Å². The zero-order chi connectivity index (χ0) is 18.0. The van der Waals surface area contributed by atoms with Crippen LogP contribution in [0.4, 0.5) is 5.69 Å². The molecular weight excluding hydrogens is 340 g/mol. The van der Waals surface area contributed by atoms with E-state index in [9.17, 15) is 13.2 Å². The number of nitrogens with one attached hydrogen (secondary N) is 1. The lowest BCUT2D eigenvalue weighted by Gasteiger charge is -2.17. The predicted octanol–water partition coefficient (Wildman–Crippen LogP) is 2.09. The number of benzene rings is 2. The largest absolute Gasteiger partial charge is 0.497 e. The third-order valence-corrected chi connectivity index (χ3v) is 5.66. The van der Waals surface area contributed by atoms with Crippen LogP contribution in [0.1, 0.15) is 12.0 Å². The van der Waals surface area contributed by atoms with Gasteiger partial charge in [-0.25, -0.2) is 8.42 Å². The van der Waals surface area contributed by atoms with Crippen LogP contribution in [0.15, 0.2) is 53.4 Å². The van der Waals surface area contributed by atoms with E-state index in [0.717, 1.165) is 11.3 Å². The summed E-state index contributed by atoms with van der Waals surface area (Å²) in [4.78, 5) is 14.4. The van der Waals surface area contributed by atoms with Gasteiger partial charge in [0.25, 0.3) is 0 Å². The van der Waals surface area contributed by atoms with Gasteiger partial charge in [0.05, 0.1) is 12.0 Å². The molecule has 1 aliphatic rings. The SMILES string of the molecule is COc1ccc(N2CCC(NS(=O)(=O)c3cccc(C)c3)C2=O)cc1. The van der Waals surface area contributed by atoms with Gasteiger partial charge in [0.2, 0.25) is 15.9 Å². The maximum Gasteiger partial charge on any atom is 0.245 e. The summed E-state index contributed by atoms with van der Waals surface area (Å²) in [6.07, 6.45) is 0.426. The van der Waals surface area contributed by atoms with E-state index in [-0.39, 0.29) is 10.8 Å². The number of hydrogen-bond acceptors (Lipinski definition) is 4. The van der Waals surface area contributed by atoms with Crippen molar-refractivity contribution in [2.24, 2.45) is 0 Å². The Kier molecular flexibility index (Phi) is 4.78. The van der Waals surface area contributed by atoms with Crippen molar-refractivity contribution in [3.05, 3.63) is 54.1 Å². The predicted molar refractivity (Wildman–Crippen MR) is 95.3 cm³/mol. The summed E-state index contributed by atoms with van der Waals surface area (Å²) in [5, 5.41) is 0. The second kappa shape index (κ2) is 6.85. The smallest absolute Gasteiger partial charge is 0.245 e. The fraction of sp³-hybridized carbons (Fsp3) is 0.278. The first-order chi connectivity index (χ1) is 11.9. The van der Waals surface area contributed by atoms with Crippen LogP contribution in [0.2, 0.25) is 0 Å². The second-order valence-corrected chi connectivity index (χ2v) is 7.68. The number of ether oxygens (including phenoxy) is 1. The van der Waals surface area contributed by atoms with Crippen molar-refractivity contribution < 1.29 is 17.9 Å². The normalized spacial score (nSPS) is 17.8. The molecule has 6 nitrogen and oxygen atoms in total. The van der Waals surface area contributed by atoms with E-state index < -0.39 is 16.1 Å². The molecule has 3 rings (SSSR count). The Labute approximate surface area is 147 Å². The molecule has 7 heteroatoms. The van der Waals surface area contributed by atoms with Crippen molar-refractivity contribution >= 4 is 21.6 Å². The highest BCUT2D eigenvalue weighted by Gasteiger charge is 2.35. The lowest BCUT2D eigenvalue weighted by atomic mass is 10.2. The van der Waals surface area contributed by atoms with Gasteiger partial charge in [-0.3, -0.25) is 4.79 Å². The molecule has 0 aromatic heterocycles. The molecular formula is C18H20N2O4S. The number of nitrogens with zero attached hydrogens (tertiary/aromatic N) is 1. The number of rotatable bonds is 5. The van der Waals surface area contributed by atoms with Crippen LogP contribution in [0.3, 0.4) is 0 Å². The van der Waals surface area contributed by atoms with Gasteiger partial charge in [-0.2, -0.15) is 4.72 Å². The van der Waals surface area contributed by atoms with E-state index in [4.69, 9.17) is 4.74 Å². The van der Waals surface area contributed by atoms with Gasteiger partial charge in [0, 0.05) is 12.2 Å². The molecule has 2 aromatic carbocycles. The summed E-state index contributed by atoms with van der Waals surface area (Å²) in [6.45, 7) is 2.29. The highest BCUT2D eigenvalue weighted by molar-refractivity contribution is 7.89. The second-order valence-electron chi connectivity index (χ2n) is 5.97. The van der Waals surface area contributed by atoms with Crippen LogP contribution in [-0.2, 0) is 14.8 Å². The molecule has 0 saturated carbocycles. The zero-order valence-electron chi connectivity index (χ0n) is 14.1. The molecule has 1 N–H and O–H groups in total. The fourth-order valence-corrected chi connectivity index (χ4v) is 4.17. The number of anilines is 1. The minimum atomic E-state index is -3.73. The van der Waals surface area contributed by atoms with Crippen molar-refractivity contribution in [2.45, 2.75) is 24.3 Å². The molecule has 1 unspecified atom stereocenters. The fourth-order valence-electron chi connectivity index (χ4n) is 2.85. The lowest BCUT2D eigenvalue weighted by Crippen LogP contribution is -2.41. The van der Waals surface area contributed by atoms with Crippen LogP contribution in [-0.4, -0.2) is 34.0 Å². The Morgan fingerprint density at radius 3 is 2.52 bits per heavy atom. The molecule has 0 aliphatic carbocycles. The van der Waals surface area contributed by atoms with Crippen LogP contribution < -0.4 is 14.4 Å². The minimum Gasteiger partial charge on any atom is -0.497 e. The summed E-state index contributed by atoms with van der Waals surface area (Å²) >= 11 is 0. The maximum absolute atomic E-state index is 12.6. The molecule has 0 spiro atoms. The van der Waals surface area contributed by atoms with E-state index in [2.05, 4.69) is 4.72 Å². The van der Waals surface area contributed by atoms with Crippen molar-refractivity contribution in [2.75, 3.05) is 18.6 Å². The highest BCUT2D eigenvalue weighted by atomic mass is 32.2. The van der Waals surface area contributed by atoms with Gasteiger partial charge in [0.1, 0.15) is 11.8 Å². The molecule has 1 atom stereocenters. The first kappa shape index (κ1) is 17.4. The Bertz CT molecular complexity index is 878. The van der Waals surface area contributed by atoms with Crippen molar-refractivity contribution in [3.8, 4) is 5.75 Å². The summed E-state index contributed by atoms with van der Waals surface area (Å²) in [7, 11) is -2.16. The van der Waals surface area contributed by atoms with Crippen LogP contribution in [0.5, 0.6) is 5.75 Å². The molecule has 1 heterocycles. The van der Waals surface area contributed by atoms with E-state index in [1.165, 1.54) is 6.07 Å². The summed E-state index contributed by atoms with van der Waals surface area (Å²) < 4.78 is 32.7. The van der Waals surface area contributed by atoms with Gasteiger partial charge in [-0.05, 0) is 55.3 Å². The average molecular weight is 360 g/mol. The molecule has 1 fully saturated rings. The summed E-state index contributed by atoms with van der Waals surface area (Å²) in [6, 6.07) is 13.0. The first-order valence-electron chi connectivity index (χ1n) is 7.95. The molecule has 1 amide bonds. The molecule has 1 aliphatic heterocycles. The molecule has 1 saturated heterocycles. The topological polar surface area (TPSA) is 75.7 Å². The molecule has 25 heavy (non-hydrogen) atoms. The molecule has 132 valence electrons. The van der Waals surface area contributed by atoms with Crippen LogP contribution >= 0.6 is 0 Å². The number of amides is 1. The maximum atomic E-state index is 12.6. The Balaban J connectivity index is 1.75. The van der Waals surface area contributed by atoms with E-state index in [1.807, 2.05) is 13.0 Å². The van der Waals surface area contributed by atoms with E-state index >= 15 is 0 Å². The van der Waals surface area contributed by atoms with Crippen molar-refractivity contribution in [1.82, 2.24) is 4.72 Å². The monoisotopic (exact) mass is 360 g/mol. The third kappa shape index (κ3) is 3.67. The van der Waals surface area contributed by atoms with E-state index in [0.29, 0.717) is 18.7 Å². The average Bonchev–Trinajstić information content (AvgIpc) is 2.95. The van der Waals surface area contributed by atoms with E-state index in [1.54, 1.807) is 48.4 Å². The summed E-state index contributed by atoms with van der Waals surface area (Å²) in [5.74, 6) is 0.452. The van der Waals surface area contributed by atoms with Crippen LogP contribution in [0.25, 0.3) is 0 Å². The summed E-state index contributed by atoms with van der Waals surface area (Å²) in [5.41, 5.74) is 1.57. The number of sulfonamides is 1. The van der Waals surface area contributed by atoms with Gasteiger partial charge in [-0.15, -0.1) is 0 Å². The standard InChI is InChI=1S/C18H20N2O4S/c1-13-4-3-5-16(12-13)25(22,23)19-17-10-11-20(18(17)21)14-6-8-15(24-2)9-7-14/h3-9,12,17,19H,10-11H2,1-2H3. The number of carbonyl (C=O) groups is 1.